The maximum absolute atomic E-state index is 13.4. The number of aliphatic hydroxyl groups is 3. The van der Waals surface area contributed by atoms with E-state index in [0.717, 1.165) is 17.6 Å². The fourth-order valence-corrected chi connectivity index (χ4v) is 7.49. The summed E-state index contributed by atoms with van der Waals surface area (Å²) in [6.45, 7) is 2.04. The number of rotatable bonds is 7. The first-order chi connectivity index (χ1) is 18.3. The van der Waals surface area contributed by atoms with Crippen molar-refractivity contribution in [2.45, 2.75) is 61.6 Å². The van der Waals surface area contributed by atoms with E-state index in [4.69, 9.17) is 0 Å². The van der Waals surface area contributed by atoms with Crippen LogP contribution in [0.3, 0.4) is 0 Å². The number of aromatic hydroxyl groups is 1. The maximum atomic E-state index is 13.4. The van der Waals surface area contributed by atoms with Gasteiger partial charge >= 0.3 is 0 Å². The minimum atomic E-state index is -0.754. The fourth-order valence-electron chi connectivity index (χ4n) is 5.88. The molecule has 2 aliphatic carbocycles. The molecule has 6 atom stereocenters. The number of halogens is 1. The molecule has 1 fully saturated rings. The van der Waals surface area contributed by atoms with Gasteiger partial charge in [0.1, 0.15) is 17.3 Å². The molecule has 1 saturated heterocycles. The predicted molar refractivity (Wildman–Crippen MR) is 150 cm³/mol. The van der Waals surface area contributed by atoms with Crippen LogP contribution >= 0.6 is 11.8 Å². The molecule has 3 aliphatic rings. The zero-order valence-corrected chi connectivity index (χ0v) is 22.1. The van der Waals surface area contributed by atoms with Gasteiger partial charge in [0.05, 0.1) is 6.10 Å². The standard InChI is InChI=1S/C31H34FNO4S/c1-31(17-16-22(19-28(31)36)21-6-5-9-25(34)18-21)29-27(15-14-26(35)20-10-12-23(32)13-11-20)38-30(37)33(29)24-7-3-2-4-8-24/h2-7,9-13,16,18-19,24,26-27,29-30,34-37H,8,14-15,17H2,1H3/t24?,26?,27-,29-,30?,31?/m0/s1. The molecule has 4 N–H and O–H groups in total. The Morgan fingerprint density at radius 3 is 2.61 bits per heavy atom. The molecule has 0 aromatic heterocycles. The van der Waals surface area contributed by atoms with Crippen LogP contribution in [-0.2, 0) is 0 Å². The molecule has 1 heterocycles. The molecule has 0 radical (unpaired) electrons. The van der Waals surface area contributed by atoms with Crippen molar-refractivity contribution in [1.29, 1.82) is 0 Å². The summed E-state index contributed by atoms with van der Waals surface area (Å²) in [6, 6.07) is 12.7. The van der Waals surface area contributed by atoms with Crippen LogP contribution in [0.2, 0.25) is 0 Å². The molecule has 0 spiro atoms. The molecule has 5 nitrogen and oxygen atoms in total. The van der Waals surface area contributed by atoms with E-state index in [0.29, 0.717) is 24.8 Å². The van der Waals surface area contributed by atoms with Crippen LogP contribution in [0.4, 0.5) is 4.39 Å². The van der Waals surface area contributed by atoms with Crippen molar-refractivity contribution in [2.24, 2.45) is 5.41 Å². The Morgan fingerprint density at radius 1 is 1.13 bits per heavy atom. The maximum Gasteiger partial charge on any atom is 0.156 e. The Balaban J connectivity index is 1.42. The van der Waals surface area contributed by atoms with E-state index in [1.165, 1.54) is 23.9 Å². The Morgan fingerprint density at radius 2 is 1.92 bits per heavy atom. The number of thioether (sulfide) groups is 1. The number of phenolic OH excluding ortho intramolecular Hbond substituents is 1. The number of benzene rings is 2. The van der Waals surface area contributed by atoms with Crippen LogP contribution in [-0.4, -0.2) is 48.2 Å². The first kappa shape index (κ1) is 26.8. The first-order valence-corrected chi connectivity index (χ1v) is 14.0. The second kappa shape index (κ2) is 11.1. The lowest BCUT2D eigenvalue weighted by molar-refractivity contribution is -0.0172. The van der Waals surface area contributed by atoms with Crippen molar-refractivity contribution in [3.05, 3.63) is 108 Å². The highest BCUT2D eigenvalue weighted by Crippen LogP contribution is 2.52. The summed E-state index contributed by atoms with van der Waals surface area (Å²) in [5.41, 5.74) is 0.905. The van der Waals surface area contributed by atoms with Crippen LogP contribution in [0, 0.1) is 11.2 Å². The minimum absolute atomic E-state index is 0.0133. The van der Waals surface area contributed by atoms with Crippen LogP contribution in [0.1, 0.15) is 49.8 Å². The highest BCUT2D eigenvalue weighted by atomic mass is 32.2. The lowest BCUT2D eigenvalue weighted by atomic mass is 9.70. The average molecular weight is 536 g/mol. The molecule has 200 valence electrons. The van der Waals surface area contributed by atoms with E-state index in [1.54, 1.807) is 36.4 Å². The van der Waals surface area contributed by atoms with Crippen molar-refractivity contribution in [3.8, 4) is 5.75 Å². The number of nitrogens with zero attached hydrogens (tertiary/aromatic N) is 1. The first-order valence-electron chi connectivity index (χ1n) is 13.0. The molecular formula is C31H34FNO4S. The molecule has 38 heavy (non-hydrogen) atoms. The second-order valence-electron chi connectivity index (χ2n) is 10.5. The van der Waals surface area contributed by atoms with Crippen LogP contribution < -0.4 is 0 Å². The summed E-state index contributed by atoms with van der Waals surface area (Å²) in [5, 5.41) is 43.5. The molecule has 7 heteroatoms. The predicted octanol–water partition coefficient (Wildman–Crippen LogP) is 6.23. The number of hydrogen-bond donors (Lipinski definition) is 4. The fraction of sp³-hybridized carbons (Fsp3) is 0.355. The molecule has 4 unspecified atom stereocenters. The molecule has 0 amide bonds. The Hall–Kier alpha value is -2.84. The van der Waals surface area contributed by atoms with Gasteiger partial charge < -0.3 is 20.4 Å². The zero-order chi connectivity index (χ0) is 26.9. The third kappa shape index (κ3) is 5.34. The van der Waals surface area contributed by atoms with Gasteiger partial charge in [-0.2, -0.15) is 0 Å². The van der Waals surface area contributed by atoms with Gasteiger partial charge in [-0.1, -0.05) is 61.6 Å². The number of hydrogen-bond acceptors (Lipinski definition) is 6. The summed E-state index contributed by atoms with van der Waals surface area (Å²) in [6.07, 6.45) is 13.7. The Labute approximate surface area is 227 Å². The van der Waals surface area contributed by atoms with Crippen molar-refractivity contribution >= 4 is 17.3 Å². The van der Waals surface area contributed by atoms with Crippen LogP contribution in [0.5, 0.6) is 5.75 Å². The van der Waals surface area contributed by atoms with Crippen LogP contribution in [0.15, 0.2) is 90.7 Å². The number of allylic oxidation sites excluding steroid dienone is 5. The Kier molecular flexibility index (Phi) is 7.82. The molecule has 0 saturated carbocycles. The molecule has 2 aromatic carbocycles. The van der Waals surface area contributed by atoms with Crippen molar-refractivity contribution in [2.75, 3.05) is 0 Å². The van der Waals surface area contributed by atoms with Gasteiger partial charge in [0, 0.05) is 22.7 Å². The zero-order valence-electron chi connectivity index (χ0n) is 21.3. The lowest BCUT2D eigenvalue weighted by Gasteiger charge is -2.46. The van der Waals surface area contributed by atoms with Crippen molar-refractivity contribution < 1.29 is 24.8 Å². The lowest BCUT2D eigenvalue weighted by Crippen LogP contribution is -2.54. The molecular weight excluding hydrogens is 501 g/mol. The van der Waals surface area contributed by atoms with Gasteiger partial charge in [0.25, 0.3) is 0 Å². The summed E-state index contributed by atoms with van der Waals surface area (Å²) in [7, 11) is 0. The van der Waals surface area contributed by atoms with E-state index in [-0.39, 0.29) is 34.7 Å². The van der Waals surface area contributed by atoms with Gasteiger partial charge in [-0.15, -0.1) is 11.8 Å². The topological polar surface area (TPSA) is 84.2 Å². The highest BCUT2D eigenvalue weighted by Gasteiger charge is 2.54. The van der Waals surface area contributed by atoms with E-state index in [1.807, 2.05) is 25.1 Å². The quantitative estimate of drug-likeness (QED) is 0.337. The van der Waals surface area contributed by atoms with E-state index in [9.17, 15) is 24.8 Å². The van der Waals surface area contributed by atoms with E-state index in [2.05, 4.69) is 23.1 Å². The average Bonchev–Trinajstić information content (AvgIpc) is 3.26. The second-order valence-corrected chi connectivity index (χ2v) is 11.8. The molecule has 5 rings (SSSR count). The van der Waals surface area contributed by atoms with Crippen molar-refractivity contribution in [3.63, 3.8) is 0 Å². The molecule has 0 bridgehead atoms. The third-order valence-electron chi connectivity index (χ3n) is 8.00. The summed E-state index contributed by atoms with van der Waals surface area (Å²) < 4.78 is 13.4. The van der Waals surface area contributed by atoms with Gasteiger partial charge in [0.15, 0.2) is 5.56 Å². The summed E-state index contributed by atoms with van der Waals surface area (Å²) in [5.74, 6) is 0.0665. The normalized spacial score (nSPS) is 30.2. The van der Waals surface area contributed by atoms with E-state index >= 15 is 0 Å². The third-order valence-corrected chi connectivity index (χ3v) is 9.33. The Bertz CT molecular complexity index is 1270. The highest BCUT2D eigenvalue weighted by molar-refractivity contribution is 8.00. The number of aliphatic hydroxyl groups excluding tert-OH is 3. The van der Waals surface area contributed by atoms with Crippen LogP contribution in [0.25, 0.3) is 5.57 Å². The molecule has 2 aromatic rings. The minimum Gasteiger partial charge on any atom is -0.512 e. The van der Waals surface area contributed by atoms with Gasteiger partial charge in [0.2, 0.25) is 0 Å². The molecule has 1 aliphatic heterocycles. The summed E-state index contributed by atoms with van der Waals surface area (Å²) >= 11 is 1.47. The SMILES string of the molecule is CC1([C@@H]2[C@H](CCC(O)c3ccc(F)cc3)SC(O)N2C2C=CC=CC2)CC=C(c2cccc(O)c2)C=C1O. The monoisotopic (exact) mass is 535 g/mol. The summed E-state index contributed by atoms with van der Waals surface area (Å²) in [4.78, 5) is 2.11. The number of phenols is 1. The van der Waals surface area contributed by atoms with Gasteiger partial charge in [-0.05, 0) is 72.7 Å². The largest absolute Gasteiger partial charge is 0.512 e. The van der Waals surface area contributed by atoms with Gasteiger partial charge in [-0.25, -0.2) is 4.39 Å². The van der Waals surface area contributed by atoms with Crippen molar-refractivity contribution in [1.82, 2.24) is 4.90 Å². The van der Waals surface area contributed by atoms with Gasteiger partial charge in [-0.3, -0.25) is 4.90 Å². The smallest absolute Gasteiger partial charge is 0.156 e. The van der Waals surface area contributed by atoms with E-state index < -0.39 is 17.1 Å².